The molecule has 0 aromatic heterocycles. The predicted octanol–water partition coefficient (Wildman–Crippen LogP) is 0.815. The smallest absolute Gasteiger partial charge is 0.333 e. The standard InChI is InChI=1S/C10H18N2O3/c1-4-5-11-10(14)12-6-7-15-9(13)8(2)3/h2,4-7H2,1,3H3,(H2,11,12,14). The van der Waals surface area contributed by atoms with Crippen molar-refractivity contribution in [3.63, 3.8) is 0 Å². The lowest BCUT2D eigenvalue weighted by molar-refractivity contribution is -0.138. The summed E-state index contributed by atoms with van der Waals surface area (Å²) >= 11 is 0. The van der Waals surface area contributed by atoms with Gasteiger partial charge in [0.1, 0.15) is 6.61 Å². The molecule has 0 saturated heterocycles. The van der Waals surface area contributed by atoms with Gasteiger partial charge in [-0.05, 0) is 13.3 Å². The normalized spacial score (nSPS) is 9.20. The van der Waals surface area contributed by atoms with E-state index in [0.717, 1.165) is 6.42 Å². The first-order valence-electron chi connectivity index (χ1n) is 4.92. The fourth-order valence-electron chi connectivity index (χ4n) is 0.733. The SMILES string of the molecule is C=C(C)C(=O)OCCNC(=O)NCCC. The van der Waals surface area contributed by atoms with Crippen LogP contribution in [0.3, 0.4) is 0 Å². The molecule has 5 nitrogen and oxygen atoms in total. The van der Waals surface area contributed by atoms with E-state index in [0.29, 0.717) is 18.7 Å². The molecule has 0 spiro atoms. The number of hydrogen-bond donors (Lipinski definition) is 2. The van der Waals surface area contributed by atoms with Crippen LogP contribution < -0.4 is 10.6 Å². The lowest BCUT2D eigenvalue weighted by atomic mass is 10.4. The fraction of sp³-hybridized carbons (Fsp3) is 0.600. The molecule has 0 unspecified atom stereocenters. The zero-order valence-electron chi connectivity index (χ0n) is 9.26. The van der Waals surface area contributed by atoms with Crippen molar-refractivity contribution in [1.29, 1.82) is 0 Å². The number of hydrogen-bond acceptors (Lipinski definition) is 3. The van der Waals surface area contributed by atoms with E-state index < -0.39 is 5.97 Å². The molecule has 0 heterocycles. The third-order valence-corrected chi connectivity index (χ3v) is 1.50. The summed E-state index contributed by atoms with van der Waals surface area (Å²) < 4.78 is 4.78. The Hall–Kier alpha value is -1.52. The summed E-state index contributed by atoms with van der Waals surface area (Å²) in [6.07, 6.45) is 0.887. The molecule has 0 aromatic carbocycles. The van der Waals surface area contributed by atoms with Gasteiger partial charge in [-0.1, -0.05) is 13.5 Å². The monoisotopic (exact) mass is 214 g/mol. The van der Waals surface area contributed by atoms with E-state index in [-0.39, 0.29) is 12.6 Å². The van der Waals surface area contributed by atoms with Crippen molar-refractivity contribution in [1.82, 2.24) is 10.6 Å². The van der Waals surface area contributed by atoms with Gasteiger partial charge in [0, 0.05) is 12.1 Å². The highest BCUT2D eigenvalue weighted by atomic mass is 16.5. The van der Waals surface area contributed by atoms with E-state index >= 15 is 0 Å². The summed E-state index contributed by atoms with van der Waals surface area (Å²) in [6.45, 7) is 8.07. The summed E-state index contributed by atoms with van der Waals surface area (Å²) in [4.78, 5) is 21.9. The van der Waals surface area contributed by atoms with Gasteiger partial charge in [0.25, 0.3) is 0 Å². The maximum Gasteiger partial charge on any atom is 0.333 e. The summed E-state index contributed by atoms with van der Waals surface area (Å²) in [5, 5.41) is 5.19. The van der Waals surface area contributed by atoms with Gasteiger partial charge in [0.2, 0.25) is 0 Å². The molecular weight excluding hydrogens is 196 g/mol. The number of carbonyl (C=O) groups excluding carboxylic acids is 2. The molecule has 0 fully saturated rings. The highest BCUT2D eigenvalue weighted by molar-refractivity contribution is 5.86. The Morgan fingerprint density at radius 1 is 1.27 bits per heavy atom. The van der Waals surface area contributed by atoms with Gasteiger partial charge in [-0.2, -0.15) is 0 Å². The molecule has 0 aliphatic rings. The molecule has 0 rings (SSSR count). The topological polar surface area (TPSA) is 67.4 Å². The van der Waals surface area contributed by atoms with Crippen LogP contribution in [0, 0.1) is 0 Å². The van der Waals surface area contributed by atoms with E-state index in [1.807, 2.05) is 6.92 Å². The maximum atomic E-state index is 11.0. The number of amides is 2. The molecule has 2 N–H and O–H groups in total. The highest BCUT2D eigenvalue weighted by Gasteiger charge is 2.02. The average molecular weight is 214 g/mol. The Kier molecular flexibility index (Phi) is 7.05. The number of urea groups is 1. The van der Waals surface area contributed by atoms with Gasteiger partial charge in [0.05, 0.1) is 6.54 Å². The second kappa shape index (κ2) is 7.84. The highest BCUT2D eigenvalue weighted by Crippen LogP contribution is 1.90. The summed E-state index contributed by atoms with van der Waals surface area (Å²) in [7, 11) is 0. The molecule has 0 saturated carbocycles. The Morgan fingerprint density at radius 3 is 2.40 bits per heavy atom. The molecule has 15 heavy (non-hydrogen) atoms. The number of ether oxygens (including phenoxy) is 1. The first-order chi connectivity index (χ1) is 7.07. The molecule has 2 amide bonds. The van der Waals surface area contributed by atoms with Crippen molar-refractivity contribution >= 4 is 12.0 Å². The summed E-state index contributed by atoms with van der Waals surface area (Å²) in [5.74, 6) is -0.439. The number of carbonyl (C=O) groups is 2. The van der Waals surface area contributed by atoms with E-state index in [9.17, 15) is 9.59 Å². The van der Waals surface area contributed by atoms with Crippen LogP contribution in [0.25, 0.3) is 0 Å². The van der Waals surface area contributed by atoms with E-state index in [4.69, 9.17) is 4.74 Å². The van der Waals surface area contributed by atoms with Gasteiger partial charge in [-0.25, -0.2) is 9.59 Å². The first-order valence-corrected chi connectivity index (χ1v) is 4.92. The first kappa shape index (κ1) is 13.5. The van der Waals surface area contributed by atoms with Gasteiger partial charge in [-0.15, -0.1) is 0 Å². The Labute approximate surface area is 89.9 Å². The molecule has 0 bridgehead atoms. The minimum absolute atomic E-state index is 0.158. The quantitative estimate of drug-likeness (QED) is 0.390. The summed E-state index contributed by atoms with van der Waals surface area (Å²) in [5.41, 5.74) is 0.352. The molecule has 0 aliphatic carbocycles. The second-order valence-electron chi connectivity index (χ2n) is 3.10. The van der Waals surface area contributed by atoms with Crippen LogP contribution in [0.4, 0.5) is 4.79 Å². The van der Waals surface area contributed by atoms with Gasteiger partial charge >= 0.3 is 12.0 Å². The second-order valence-corrected chi connectivity index (χ2v) is 3.10. The van der Waals surface area contributed by atoms with Crippen LogP contribution in [0.15, 0.2) is 12.2 Å². The van der Waals surface area contributed by atoms with Gasteiger partial charge < -0.3 is 15.4 Å². The predicted molar refractivity (Wildman–Crippen MR) is 57.5 cm³/mol. The van der Waals surface area contributed by atoms with Crippen LogP contribution >= 0.6 is 0 Å². The molecule has 0 aromatic rings. The van der Waals surface area contributed by atoms with Crippen molar-refractivity contribution in [2.75, 3.05) is 19.7 Å². The molecule has 0 radical (unpaired) electrons. The molecule has 0 aliphatic heterocycles. The largest absolute Gasteiger partial charge is 0.460 e. The number of rotatable bonds is 6. The fourth-order valence-corrected chi connectivity index (χ4v) is 0.733. The third kappa shape index (κ3) is 7.54. The van der Waals surface area contributed by atoms with Crippen molar-refractivity contribution < 1.29 is 14.3 Å². The van der Waals surface area contributed by atoms with Crippen LogP contribution in [-0.4, -0.2) is 31.7 Å². The molecule has 86 valence electrons. The van der Waals surface area contributed by atoms with Crippen molar-refractivity contribution in [3.05, 3.63) is 12.2 Å². The van der Waals surface area contributed by atoms with Crippen LogP contribution in [0.1, 0.15) is 20.3 Å². The number of esters is 1. The minimum Gasteiger partial charge on any atom is -0.460 e. The average Bonchev–Trinajstić information content (AvgIpc) is 2.20. The Balaban J connectivity index is 3.42. The minimum atomic E-state index is -0.439. The van der Waals surface area contributed by atoms with Crippen LogP contribution in [0.5, 0.6) is 0 Å². The van der Waals surface area contributed by atoms with Crippen LogP contribution in [-0.2, 0) is 9.53 Å². The zero-order chi connectivity index (χ0) is 11.7. The molecular formula is C10H18N2O3. The molecule has 5 heteroatoms. The Bertz CT molecular complexity index is 239. The van der Waals surface area contributed by atoms with E-state index in [1.165, 1.54) is 0 Å². The lowest BCUT2D eigenvalue weighted by Gasteiger charge is -2.07. The van der Waals surface area contributed by atoms with Crippen molar-refractivity contribution in [2.45, 2.75) is 20.3 Å². The van der Waals surface area contributed by atoms with Crippen LogP contribution in [0.2, 0.25) is 0 Å². The van der Waals surface area contributed by atoms with E-state index in [2.05, 4.69) is 17.2 Å². The number of nitrogens with one attached hydrogen (secondary N) is 2. The maximum absolute atomic E-state index is 11.0. The van der Waals surface area contributed by atoms with Gasteiger partial charge in [0.15, 0.2) is 0 Å². The van der Waals surface area contributed by atoms with Crippen molar-refractivity contribution in [2.24, 2.45) is 0 Å². The molecule has 0 atom stereocenters. The Morgan fingerprint density at radius 2 is 1.87 bits per heavy atom. The van der Waals surface area contributed by atoms with Crippen molar-refractivity contribution in [3.8, 4) is 0 Å². The summed E-state index contributed by atoms with van der Waals surface area (Å²) in [6, 6.07) is -0.247. The third-order valence-electron chi connectivity index (χ3n) is 1.50. The van der Waals surface area contributed by atoms with E-state index in [1.54, 1.807) is 6.92 Å². The zero-order valence-corrected chi connectivity index (χ0v) is 9.26. The lowest BCUT2D eigenvalue weighted by Crippen LogP contribution is -2.37. The van der Waals surface area contributed by atoms with Gasteiger partial charge in [-0.3, -0.25) is 0 Å².